The number of hydrogen-bond acceptors (Lipinski definition) is 4. The molecule has 1 aliphatic carbocycles. The normalized spacial score (nSPS) is 17.5. The van der Waals surface area contributed by atoms with Crippen LogP contribution in [0.1, 0.15) is 51.0 Å². The second-order valence-electron chi connectivity index (χ2n) is 6.42. The maximum atomic E-state index is 12.4. The van der Waals surface area contributed by atoms with Crippen molar-refractivity contribution in [2.75, 3.05) is 6.61 Å². The van der Waals surface area contributed by atoms with Crippen molar-refractivity contribution >= 4 is 5.91 Å². The highest BCUT2D eigenvalue weighted by Crippen LogP contribution is 2.27. The highest BCUT2D eigenvalue weighted by Gasteiger charge is 2.26. The number of nitrogens with one attached hydrogen (secondary N) is 1. The van der Waals surface area contributed by atoms with E-state index in [1.807, 2.05) is 6.07 Å². The van der Waals surface area contributed by atoms with Gasteiger partial charge in [0.15, 0.2) is 6.10 Å². The molecule has 0 spiro atoms. The van der Waals surface area contributed by atoms with Crippen LogP contribution in [-0.2, 0) is 4.79 Å². The van der Waals surface area contributed by atoms with Gasteiger partial charge in [-0.2, -0.15) is 5.26 Å². The van der Waals surface area contributed by atoms with Gasteiger partial charge in [-0.25, -0.2) is 0 Å². The SMILES string of the molecule is CC(Oc1ccc(C#N)cc1)C(=O)NC(CCO)C1CCCCC1. The molecule has 0 heterocycles. The first-order valence-corrected chi connectivity index (χ1v) is 8.72. The molecule has 0 aliphatic heterocycles. The van der Waals surface area contributed by atoms with Gasteiger partial charge in [0.05, 0.1) is 11.6 Å². The molecule has 5 nitrogen and oxygen atoms in total. The smallest absolute Gasteiger partial charge is 0.261 e. The summed E-state index contributed by atoms with van der Waals surface area (Å²) in [5.74, 6) is 0.841. The van der Waals surface area contributed by atoms with E-state index in [4.69, 9.17) is 10.00 Å². The van der Waals surface area contributed by atoms with Gasteiger partial charge in [0.2, 0.25) is 0 Å². The Kier molecular flexibility index (Phi) is 7.07. The Morgan fingerprint density at radius 3 is 2.58 bits per heavy atom. The molecule has 0 radical (unpaired) electrons. The lowest BCUT2D eigenvalue weighted by molar-refractivity contribution is -0.128. The van der Waals surface area contributed by atoms with Gasteiger partial charge < -0.3 is 15.2 Å². The number of carbonyl (C=O) groups excluding carboxylic acids is 1. The number of ether oxygens (including phenoxy) is 1. The highest BCUT2D eigenvalue weighted by molar-refractivity contribution is 5.81. The fourth-order valence-electron chi connectivity index (χ4n) is 3.27. The van der Waals surface area contributed by atoms with Gasteiger partial charge in [-0.15, -0.1) is 0 Å². The number of amides is 1. The molecular weight excluding hydrogens is 304 g/mol. The third-order valence-corrected chi connectivity index (χ3v) is 4.65. The monoisotopic (exact) mass is 330 g/mol. The summed E-state index contributed by atoms with van der Waals surface area (Å²) in [6.45, 7) is 1.79. The van der Waals surface area contributed by atoms with E-state index in [9.17, 15) is 9.90 Å². The van der Waals surface area contributed by atoms with Crippen molar-refractivity contribution in [2.24, 2.45) is 5.92 Å². The van der Waals surface area contributed by atoms with Crippen molar-refractivity contribution in [1.29, 1.82) is 5.26 Å². The van der Waals surface area contributed by atoms with E-state index in [0.717, 1.165) is 12.8 Å². The molecule has 24 heavy (non-hydrogen) atoms. The number of nitrogens with zero attached hydrogens (tertiary/aromatic N) is 1. The molecule has 2 N–H and O–H groups in total. The average molecular weight is 330 g/mol. The standard InChI is InChI=1S/C19H26N2O3/c1-14(24-17-9-7-15(13-20)8-10-17)19(23)21-18(11-12-22)16-5-3-2-4-6-16/h7-10,14,16,18,22H,2-6,11-12H2,1H3,(H,21,23). The number of rotatable bonds is 7. The summed E-state index contributed by atoms with van der Waals surface area (Å²) < 4.78 is 5.66. The van der Waals surface area contributed by atoms with Crippen LogP contribution in [-0.4, -0.2) is 29.8 Å². The Labute approximate surface area is 143 Å². The lowest BCUT2D eigenvalue weighted by Gasteiger charge is -2.31. The van der Waals surface area contributed by atoms with E-state index in [2.05, 4.69) is 5.32 Å². The number of hydrogen-bond donors (Lipinski definition) is 2. The highest BCUT2D eigenvalue weighted by atomic mass is 16.5. The maximum absolute atomic E-state index is 12.4. The molecule has 0 bridgehead atoms. The van der Waals surface area contributed by atoms with Crippen LogP contribution in [0.5, 0.6) is 5.75 Å². The first kappa shape index (κ1) is 18.3. The number of benzene rings is 1. The summed E-state index contributed by atoms with van der Waals surface area (Å²) in [4.78, 5) is 12.4. The van der Waals surface area contributed by atoms with Gasteiger partial charge in [-0.3, -0.25) is 4.79 Å². The van der Waals surface area contributed by atoms with E-state index in [-0.39, 0.29) is 18.6 Å². The Morgan fingerprint density at radius 1 is 1.33 bits per heavy atom. The second-order valence-corrected chi connectivity index (χ2v) is 6.42. The first-order valence-electron chi connectivity index (χ1n) is 8.72. The van der Waals surface area contributed by atoms with Crippen LogP contribution in [0.15, 0.2) is 24.3 Å². The van der Waals surface area contributed by atoms with Crippen molar-refractivity contribution in [3.63, 3.8) is 0 Å². The Morgan fingerprint density at radius 2 is 2.00 bits per heavy atom. The summed E-state index contributed by atoms with van der Waals surface area (Å²) in [5.41, 5.74) is 0.555. The number of aliphatic hydroxyl groups excluding tert-OH is 1. The average Bonchev–Trinajstić information content (AvgIpc) is 2.62. The second kappa shape index (κ2) is 9.29. The molecule has 1 fully saturated rings. The molecule has 5 heteroatoms. The predicted octanol–water partition coefficient (Wildman–Crippen LogP) is 2.77. The third kappa shape index (κ3) is 5.24. The topological polar surface area (TPSA) is 82.3 Å². The molecule has 1 amide bonds. The number of nitriles is 1. The van der Waals surface area contributed by atoms with Crippen molar-refractivity contribution in [2.45, 2.75) is 57.6 Å². The summed E-state index contributed by atoms with van der Waals surface area (Å²) in [7, 11) is 0. The van der Waals surface area contributed by atoms with Crippen molar-refractivity contribution in [1.82, 2.24) is 5.32 Å². The zero-order valence-corrected chi connectivity index (χ0v) is 14.2. The minimum absolute atomic E-state index is 0.00909. The van der Waals surface area contributed by atoms with Crippen LogP contribution in [0.4, 0.5) is 0 Å². The molecule has 0 aromatic heterocycles. The molecule has 1 saturated carbocycles. The minimum Gasteiger partial charge on any atom is -0.481 e. The van der Waals surface area contributed by atoms with Crippen LogP contribution < -0.4 is 10.1 Å². The van der Waals surface area contributed by atoms with Gasteiger partial charge in [0.1, 0.15) is 5.75 Å². The van der Waals surface area contributed by atoms with Crippen LogP contribution in [0.25, 0.3) is 0 Å². The van der Waals surface area contributed by atoms with Crippen LogP contribution in [0, 0.1) is 17.2 Å². The lowest BCUT2D eigenvalue weighted by atomic mass is 9.82. The molecule has 0 saturated heterocycles. The lowest BCUT2D eigenvalue weighted by Crippen LogP contribution is -2.46. The molecular formula is C19H26N2O3. The van der Waals surface area contributed by atoms with Gasteiger partial charge in [0.25, 0.3) is 5.91 Å². The van der Waals surface area contributed by atoms with Gasteiger partial charge in [0, 0.05) is 12.6 Å². The summed E-state index contributed by atoms with van der Waals surface area (Å²) in [6.07, 6.45) is 5.82. The zero-order chi connectivity index (χ0) is 17.4. The Balaban J connectivity index is 1.91. The molecule has 130 valence electrons. The van der Waals surface area contributed by atoms with E-state index in [1.54, 1.807) is 31.2 Å². The molecule has 2 rings (SSSR count). The molecule has 2 atom stereocenters. The fourth-order valence-corrected chi connectivity index (χ4v) is 3.27. The fraction of sp³-hybridized carbons (Fsp3) is 0.579. The summed E-state index contributed by atoms with van der Waals surface area (Å²) in [6, 6.07) is 8.76. The van der Waals surface area contributed by atoms with Gasteiger partial charge >= 0.3 is 0 Å². The Hall–Kier alpha value is -2.06. The van der Waals surface area contributed by atoms with Crippen molar-refractivity contribution in [3.05, 3.63) is 29.8 Å². The van der Waals surface area contributed by atoms with Crippen molar-refractivity contribution < 1.29 is 14.6 Å². The van der Waals surface area contributed by atoms with Crippen LogP contribution >= 0.6 is 0 Å². The Bertz CT molecular complexity index is 559. The van der Waals surface area contributed by atoms with E-state index < -0.39 is 6.10 Å². The summed E-state index contributed by atoms with van der Waals surface area (Å²) in [5, 5.41) is 21.1. The molecule has 2 unspecified atom stereocenters. The van der Waals surface area contributed by atoms with Crippen molar-refractivity contribution in [3.8, 4) is 11.8 Å². The van der Waals surface area contributed by atoms with E-state index >= 15 is 0 Å². The first-order chi connectivity index (χ1) is 11.6. The predicted molar refractivity (Wildman–Crippen MR) is 91.5 cm³/mol. The third-order valence-electron chi connectivity index (χ3n) is 4.65. The largest absolute Gasteiger partial charge is 0.481 e. The van der Waals surface area contributed by atoms with Gasteiger partial charge in [-0.05, 0) is 56.4 Å². The van der Waals surface area contributed by atoms with E-state index in [0.29, 0.717) is 23.7 Å². The van der Waals surface area contributed by atoms with Gasteiger partial charge in [-0.1, -0.05) is 19.3 Å². The zero-order valence-electron chi connectivity index (χ0n) is 14.2. The quantitative estimate of drug-likeness (QED) is 0.805. The number of carbonyl (C=O) groups is 1. The molecule has 1 aliphatic rings. The molecule has 1 aromatic carbocycles. The van der Waals surface area contributed by atoms with Crippen LogP contribution in [0.2, 0.25) is 0 Å². The maximum Gasteiger partial charge on any atom is 0.261 e. The summed E-state index contributed by atoms with van der Waals surface area (Å²) >= 11 is 0. The molecule has 1 aromatic rings. The van der Waals surface area contributed by atoms with Crippen LogP contribution in [0.3, 0.4) is 0 Å². The minimum atomic E-state index is -0.622. The van der Waals surface area contributed by atoms with E-state index in [1.165, 1.54) is 19.3 Å². The number of aliphatic hydroxyl groups is 1.